The molecule has 1 amide bonds. The van der Waals surface area contributed by atoms with E-state index in [9.17, 15) is 4.79 Å². The molecule has 0 rings (SSSR count). The van der Waals surface area contributed by atoms with Gasteiger partial charge in [0.05, 0.1) is 5.54 Å². The first kappa shape index (κ1) is 10.4. The average Bonchev–Trinajstić information content (AvgIpc) is 2.00. The lowest BCUT2D eigenvalue weighted by Gasteiger charge is -2.20. The molecule has 0 aromatic carbocycles. The van der Waals surface area contributed by atoms with Gasteiger partial charge in [0.1, 0.15) is 0 Å². The summed E-state index contributed by atoms with van der Waals surface area (Å²) in [5.74, 6) is -0.134. The molecule has 0 saturated carbocycles. The summed E-state index contributed by atoms with van der Waals surface area (Å²) in [7, 11) is 0. The summed E-state index contributed by atoms with van der Waals surface area (Å²) < 4.78 is 0. The van der Waals surface area contributed by atoms with Crippen molar-refractivity contribution in [1.82, 2.24) is 5.32 Å². The number of carbonyl (C=O) groups excluding carboxylic acids is 1. The van der Waals surface area contributed by atoms with Gasteiger partial charge >= 0.3 is 0 Å². The van der Waals surface area contributed by atoms with Crippen molar-refractivity contribution in [3.05, 3.63) is 0 Å². The third-order valence-electron chi connectivity index (χ3n) is 1.68. The lowest BCUT2D eigenvalue weighted by molar-refractivity contribution is -0.125. The third kappa shape index (κ3) is 3.34. The van der Waals surface area contributed by atoms with E-state index in [1.54, 1.807) is 6.92 Å². The summed E-state index contributed by atoms with van der Waals surface area (Å²) >= 11 is 0. The molecule has 0 spiro atoms. The maximum absolute atomic E-state index is 11.2. The zero-order chi connectivity index (χ0) is 8.91. The van der Waals surface area contributed by atoms with Gasteiger partial charge in [-0.2, -0.15) is 0 Å². The van der Waals surface area contributed by atoms with Crippen LogP contribution in [0.25, 0.3) is 0 Å². The van der Waals surface area contributed by atoms with Gasteiger partial charge in [-0.25, -0.2) is 0 Å². The van der Waals surface area contributed by atoms with Crippen molar-refractivity contribution in [2.45, 2.75) is 25.8 Å². The lowest BCUT2D eigenvalue weighted by Crippen LogP contribution is -2.51. The molecule has 0 aliphatic carbocycles. The van der Waals surface area contributed by atoms with Crippen LogP contribution in [-0.4, -0.2) is 24.5 Å². The standard InChI is InChI=1S/C7H17N3O/c1-3-7(2,9)6(11)10-5-4-8/h3-5,8-9H2,1-2H3,(H,10,11). The Hall–Kier alpha value is -0.610. The second-order valence-corrected chi connectivity index (χ2v) is 2.82. The Morgan fingerprint density at radius 2 is 2.18 bits per heavy atom. The van der Waals surface area contributed by atoms with Gasteiger partial charge in [0, 0.05) is 13.1 Å². The van der Waals surface area contributed by atoms with E-state index in [0.29, 0.717) is 19.5 Å². The number of nitrogens with one attached hydrogen (secondary N) is 1. The minimum atomic E-state index is -0.755. The first-order chi connectivity index (χ1) is 5.04. The van der Waals surface area contributed by atoms with Crippen LogP contribution < -0.4 is 16.8 Å². The minimum Gasteiger partial charge on any atom is -0.353 e. The van der Waals surface area contributed by atoms with E-state index in [4.69, 9.17) is 11.5 Å². The van der Waals surface area contributed by atoms with E-state index in [1.165, 1.54) is 0 Å². The van der Waals surface area contributed by atoms with Crippen molar-refractivity contribution >= 4 is 5.91 Å². The molecule has 4 heteroatoms. The fourth-order valence-corrected chi connectivity index (χ4v) is 0.548. The Kier molecular flexibility index (Phi) is 4.07. The second-order valence-electron chi connectivity index (χ2n) is 2.82. The van der Waals surface area contributed by atoms with Crippen LogP contribution in [0.3, 0.4) is 0 Å². The zero-order valence-electron chi connectivity index (χ0n) is 7.18. The fraction of sp³-hybridized carbons (Fsp3) is 0.857. The largest absolute Gasteiger partial charge is 0.353 e. The van der Waals surface area contributed by atoms with Crippen molar-refractivity contribution in [3.8, 4) is 0 Å². The molecule has 11 heavy (non-hydrogen) atoms. The molecule has 0 heterocycles. The smallest absolute Gasteiger partial charge is 0.239 e. The van der Waals surface area contributed by atoms with Gasteiger partial charge in [-0.05, 0) is 13.3 Å². The predicted octanol–water partition coefficient (Wildman–Crippen LogP) is -0.811. The summed E-state index contributed by atoms with van der Waals surface area (Å²) in [6.07, 6.45) is 0.628. The molecule has 0 aliphatic heterocycles. The molecule has 0 aromatic heterocycles. The van der Waals surface area contributed by atoms with Gasteiger partial charge in [0.25, 0.3) is 0 Å². The molecule has 66 valence electrons. The molecule has 5 N–H and O–H groups in total. The Morgan fingerprint density at radius 3 is 2.55 bits per heavy atom. The van der Waals surface area contributed by atoms with E-state index in [0.717, 1.165) is 0 Å². The molecular weight excluding hydrogens is 142 g/mol. The van der Waals surface area contributed by atoms with Crippen LogP contribution in [0.1, 0.15) is 20.3 Å². The van der Waals surface area contributed by atoms with Crippen LogP contribution in [0.5, 0.6) is 0 Å². The van der Waals surface area contributed by atoms with Crippen LogP contribution in [0.2, 0.25) is 0 Å². The van der Waals surface area contributed by atoms with Crippen molar-refractivity contribution in [1.29, 1.82) is 0 Å². The molecule has 0 aromatic rings. The Bertz CT molecular complexity index is 134. The average molecular weight is 159 g/mol. The minimum absolute atomic E-state index is 0.134. The topological polar surface area (TPSA) is 81.1 Å². The highest BCUT2D eigenvalue weighted by Crippen LogP contribution is 2.03. The number of hydrogen-bond acceptors (Lipinski definition) is 3. The molecular formula is C7H17N3O. The highest BCUT2D eigenvalue weighted by Gasteiger charge is 2.24. The van der Waals surface area contributed by atoms with Crippen molar-refractivity contribution < 1.29 is 4.79 Å². The summed E-state index contributed by atoms with van der Waals surface area (Å²) in [4.78, 5) is 11.2. The molecule has 0 aliphatic rings. The van der Waals surface area contributed by atoms with Crippen molar-refractivity contribution in [2.24, 2.45) is 11.5 Å². The highest BCUT2D eigenvalue weighted by atomic mass is 16.2. The molecule has 0 radical (unpaired) electrons. The SMILES string of the molecule is CCC(C)(N)C(=O)NCCN. The fourth-order valence-electron chi connectivity index (χ4n) is 0.548. The van der Waals surface area contributed by atoms with Crippen LogP contribution in [0.4, 0.5) is 0 Å². The van der Waals surface area contributed by atoms with E-state index in [2.05, 4.69) is 5.32 Å². The van der Waals surface area contributed by atoms with E-state index in [1.807, 2.05) is 6.92 Å². The highest BCUT2D eigenvalue weighted by molar-refractivity contribution is 5.85. The molecule has 0 fully saturated rings. The van der Waals surface area contributed by atoms with Gasteiger partial charge in [-0.1, -0.05) is 6.92 Å². The van der Waals surface area contributed by atoms with Crippen LogP contribution in [0, 0.1) is 0 Å². The quantitative estimate of drug-likeness (QED) is 0.501. The number of carbonyl (C=O) groups is 1. The summed E-state index contributed by atoms with van der Waals surface area (Å²) in [6, 6.07) is 0. The van der Waals surface area contributed by atoms with E-state index in [-0.39, 0.29) is 5.91 Å². The van der Waals surface area contributed by atoms with Gasteiger partial charge in [0.15, 0.2) is 0 Å². The zero-order valence-corrected chi connectivity index (χ0v) is 7.18. The normalized spacial score (nSPS) is 15.6. The van der Waals surface area contributed by atoms with Gasteiger partial charge in [-0.3, -0.25) is 4.79 Å². The van der Waals surface area contributed by atoms with Crippen molar-refractivity contribution in [3.63, 3.8) is 0 Å². The summed E-state index contributed by atoms with van der Waals surface area (Å²) in [5.41, 5.74) is 10.1. The number of nitrogens with two attached hydrogens (primary N) is 2. The summed E-state index contributed by atoms with van der Waals surface area (Å²) in [6.45, 7) is 4.53. The monoisotopic (exact) mass is 159 g/mol. The Balaban J connectivity index is 3.82. The van der Waals surface area contributed by atoms with Gasteiger partial charge in [-0.15, -0.1) is 0 Å². The maximum Gasteiger partial charge on any atom is 0.239 e. The Morgan fingerprint density at radius 1 is 1.64 bits per heavy atom. The number of hydrogen-bond donors (Lipinski definition) is 3. The van der Waals surface area contributed by atoms with Crippen LogP contribution in [0.15, 0.2) is 0 Å². The Labute approximate surface area is 67.3 Å². The van der Waals surface area contributed by atoms with Gasteiger partial charge < -0.3 is 16.8 Å². The predicted molar refractivity (Wildman–Crippen MR) is 44.9 cm³/mol. The lowest BCUT2D eigenvalue weighted by atomic mass is 10.00. The van der Waals surface area contributed by atoms with Gasteiger partial charge in [0.2, 0.25) is 5.91 Å². The molecule has 0 bridgehead atoms. The van der Waals surface area contributed by atoms with Crippen LogP contribution >= 0.6 is 0 Å². The molecule has 1 atom stereocenters. The third-order valence-corrected chi connectivity index (χ3v) is 1.68. The van der Waals surface area contributed by atoms with Crippen LogP contribution in [-0.2, 0) is 4.79 Å². The first-order valence-electron chi connectivity index (χ1n) is 3.82. The summed E-state index contributed by atoms with van der Waals surface area (Å²) in [5, 5.41) is 2.63. The van der Waals surface area contributed by atoms with E-state index >= 15 is 0 Å². The number of rotatable bonds is 4. The molecule has 0 saturated heterocycles. The first-order valence-corrected chi connectivity index (χ1v) is 3.82. The van der Waals surface area contributed by atoms with Crippen molar-refractivity contribution in [2.75, 3.05) is 13.1 Å². The number of amides is 1. The molecule has 1 unspecified atom stereocenters. The molecule has 4 nitrogen and oxygen atoms in total. The maximum atomic E-state index is 11.2. The van der Waals surface area contributed by atoms with E-state index < -0.39 is 5.54 Å². The second kappa shape index (κ2) is 4.31.